The van der Waals surface area contributed by atoms with Crippen LogP contribution in [-0.2, 0) is 4.74 Å². The molecule has 0 radical (unpaired) electrons. The van der Waals surface area contributed by atoms with Crippen molar-refractivity contribution in [1.29, 1.82) is 5.26 Å². The van der Waals surface area contributed by atoms with Crippen LogP contribution in [0, 0.1) is 18.3 Å². The Hall–Kier alpha value is -1.33. The first-order chi connectivity index (χ1) is 5.77. The second-order valence-corrected chi connectivity index (χ2v) is 2.66. The zero-order chi connectivity index (χ0) is 8.97. The molecule has 0 fully saturated rings. The van der Waals surface area contributed by atoms with Crippen LogP contribution in [0.5, 0.6) is 0 Å². The molecule has 0 aliphatic carbocycles. The van der Waals surface area contributed by atoms with Gasteiger partial charge < -0.3 is 4.74 Å². The average Bonchev–Trinajstić information content (AvgIpc) is 2.07. The summed E-state index contributed by atoms with van der Waals surface area (Å²) in [7, 11) is 1.54. The van der Waals surface area contributed by atoms with E-state index in [0.29, 0.717) is 0 Å². The SMILES string of the molecule is COC(C#N)c1cccc(C)c1. The number of methoxy groups -OCH3 is 1. The summed E-state index contributed by atoms with van der Waals surface area (Å²) in [6.45, 7) is 1.99. The van der Waals surface area contributed by atoms with E-state index in [0.717, 1.165) is 11.1 Å². The van der Waals surface area contributed by atoms with Crippen molar-refractivity contribution in [3.63, 3.8) is 0 Å². The minimum atomic E-state index is -0.440. The van der Waals surface area contributed by atoms with E-state index in [1.54, 1.807) is 0 Å². The van der Waals surface area contributed by atoms with Crippen LogP contribution >= 0.6 is 0 Å². The summed E-state index contributed by atoms with van der Waals surface area (Å²) < 4.78 is 4.98. The lowest BCUT2D eigenvalue weighted by atomic mass is 10.1. The Kier molecular flexibility index (Phi) is 2.84. The molecule has 0 bridgehead atoms. The van der Waals surface area contributed by atoms with E-state index in [4.69, 9.17) is 10.00 Å². The van der Waals surface area contributed by atoms with Gasteiger partial charge in [-0.25, -0.2) is 0 Å². The number of rotatable bonds is 2. The van der Waals surface area contributed by atoms with Gasteiger partial charge >= 0.3 is 0 Å². The topological polar surface area (TPSA) is 33.0 Å². The van der Waals surface area contributed by atoms with Crippen molar-refractivity contribution >= 4 is 0 Å². The smallest absolute Gasteiger partial charge is 0.168 e. The highest BCUT2D eigenvalue weighted by atomic mass is 16.5. The van der Waals surface area contributed by atoms with E-state index < -0.39 is 6.10 Å². The van der Waals surface area contributed by atoms with Crippen molar-refractivity contribution in [1.82, 2.24) is 0 Å². The fourth-order valence-corrected chi connectivity index (χ4v) is 1.10. The molecule has 0 heterocycles. The van der Waals surface area contributed by atoms with Gasteiger partial charge in [0.25, 0.3) is 0 Å². The lowest BCUT2D eigenvalue weighted by molar-refractivity contribution is 0.148. The number of hydrogen-bond donors (Lipinski definition) is 0. The standard InChI is InChI=1S/C10H11NO/c1-8-4-3-5-9(6-8)10(7-11)12-2/h3-6,10H,1-2H3. The summed E-state index contributed by atoms with van der Waals surface area (Å²) in [6, 6.07) is 9.84. The van der Waals surface area contributed by atoms with Crippen LogP contribution in [0.25, 0.3) is 0 Å². The van der Waals surface area contributed by atoms with Crippen LogP contribution in [0.15, 0.2) is 24.3 Å². The number of nitriles is 1. The van der Waals surface area contributed by atoms with E-state index in [9.17, 15) is 0 Å². The maximum atomic E-state index is 8.70. The molecule has 0 aliphatic rings. The summed E-state index contributed by atoms with van der Waals surface area (Å²) in [5.41, 5.74) is 2.06. The van der Waals surface area contributed by atoms with E-state index in [-0.39, 0.29) is 0 Å². The minimum Gasteiger partial charge on any atom is -0.362 e. The summed E-state index contributed by atoms with van der Waals surface area (Å²) in [5, 5.41) is 8.70. The number of aryl methyl sites for hydroxylation is 1. The van der Waals surface area contributed by atoms with Gasteiger partial charge in [0.1, 0.15) is 0 Å². The summed E-state index contributed by atoms with van der Waals surface area (Å²) in [5.74, 6) is 0. The summed E-state index contributed by atoms with van der Waals surface area (Å²) in [4.78, 5) is 0. The Morgan fingerprint density at radius 2 is 2.25 bits per heavy atom. The van der Waals surface area contributed by atoms with Crippen molar-refractivity contribution in [3.05, 3.63) is 35.4 Å². The number of nitrogens with zero attached hydrogens (tertiary/aromatic N) is 1. The van der Waals surface area contributed by atoms with Gasteiger partial charge in [-0.2, -0.15) is 5.26 Å². The minimum absolute atomic E-state index is 0.440. The molecule has 2 heteroatoms. The van der Waals surface area contributed by atoms with Crippen LogP contribution in [0.1, 0.15) is 17.2 Å². The van der Waals surface area contributed by atoms with Crippen LogP contribution in [0.3, 0.4) is 0 Å². The number of ether oxygens (including phenoxy) is 1. The first-order valence-electron chi connectivity index (χ1n) is 3.77. The second kappa shape index (κ2) is 3.89. The van der Waals surface area contributed by atoms with Gasteiger partial charge in [-0.15, -0.1) is 0 Å². The zero-order valence-electron chi connectivity index (χ0n) is 7.24. The van der Waals surface area contributed by atoms with E-state index in [1.165, 1.54) is 7.11 Å². The molecule has 62 valence electrons. The number of hydrogen-bond acceptors (Lipinski definition) is 2. The predicted octanol–water partition coefficient (Wildman–Crippen LogP) is 2.21. The normalized spacial score (nSPS) is 12.1. The molecule has 0 aromatic heterocycles. The molecule has 1 atom stereocenters. The fourth-order valence-electron chi connectivity index (χ4n) is 1.10. The van der Waals surface area contributed by atoms with Gasteiger partial charge in [-0.3, -0.25) is 0 Å². The van der Waals surface area contributed by atoms with E-state index in [1.807, 2.05) is 31.2 Å². The molecule has 0 N–H and O–H groups in total. The molecule has 1 unspecified atom stereocenters. The Bertz CT molecular complexity index is 301. The number of benzene rings is 1. The maximum Gasteiger partial charge on any atom is 0.168 e. The van der Waals surface area contributed by atoms with Gasteiger partial charge in [0.2, 0.25) is 0 Å². The largest absolute Gasteiger partial charge is 0.362 e. The predicted molar refractivity (Wildman–Crippen MR) is 46.5 cm³/mol. The monoisotopic (exact) mass is 161 g/mol. The molecule has 12 heavy (non-hydrogen) atoms. The third kappa shape index (κ3) is 1.84. The molecular formula is C10H11NO. The first-order valence-corrected chi connectivity index (χ1v) is 3.77. The summed E-state index contributed by atoms with van der Waals surface area (Å²) in [6.07, 6.45) is -0.440. The Morgan fingerprint density at radius 3 is 2.75 bits per heavy atom. The van der Waals surface area contributed by atoms with Crippen LogP contribution in [0.2, 0.25) is 0 Å². The molecule has 2 nitrogen and oxygen atoms in total. The molecular weight excluding hydrogens is 150 g/mol. The van der Waals surface area contributed by atoms with E-state index >= 15 is 0 Å². The Labute approximate surface area is 72.4 Å². The Morgan fingerprint density at radius 1 is 1.50 bits per heavy atom. The van der Waals surface area contributed by atoms with Gasteiger partial charge in [0.15, 0.2) is 6.10 Å². The Balaban J connectivity index is 2.95. The fraction of sp³-hybridized carbons (Fsp3) is 0.300. The molecule has 0 aliphatic heterocycles. The molecule has 0 saturated heterocycles. The quantitative estimate of drug-likeness (QED) is 0.666. The molecule has 0 spiro atoms. The average molecular weight is 161 g/mol. The summed E-state index contributed by atoms with van der Waals surface area (Å²) >= 11 is 0. The molecule has 1 aromatic rings. The lowest BCUT2D eigenvalue weighted by Crippen LogP contribution is -1.97. The van der Waals surface area contributed by atoms with E-state index in [2.05, 4.69) is 6.07 Å². The third-order valence-corrected chi connectivity index (χ3v) is 1.70. The van der Waals surface area contributed by atoms with Crippen LogP contribution in [0.4, 0.5) is 0 Å². The van der Waals surface area contributed by atoms with Crippen molar-refractivity contribution < 1.29 is 4.74 Å². The second-order valence-electron chi connectivity index (χ2n) is 2.66. The van der Waals surface area contributed by atoms with Crippen LogP contribution < -0.4 is 0 Å². The highest BCUT2D eigenvalue weighted by Gasteiger charge is 2.07. The molecule has 1 rings (SSSR count). The zero-order valence-corrected chi connectivity index (χ0v) is 7.24. The lowest BCUT2D eigenvalue weighted by Gasteiger charge is -2.06. The van der Waals surface area contributed by atoms with Crippen molar-refractivity contribution in [2.24, 2.45) is 0 Å². The molecule has 0 saturated carbocycles. The maximum absolute atomic E-state index is 8.70. The van der Waals surface area contributed by atoms with Crippen molar-refractivity contribution in [2.75, 3.05) is 7.11 Å². The van der Waals surface area contributed by atoms with Gasteiger partial charge in [-0.05, 0) is 12.5 Å². The van der Waals surface area contributed by atoms with Gasteiger partial charge in [-0.1, -0.05) is 29.8 Å². The first kappa shape index (κ1) is 8.76. The van der Waals surface area contributed by atoms with Crippen LogP contribution in [-0.4, -0.2) is 7.11 Å². The molecule has 1 aromatic carbocycles. The third-order valence-electron chi connectivity index (χ3n) is 1.70. The van der Waals surface area contributed by atoms with Crippen molar-refractivity contribution in [3.8, 4) is 6.07 Å². The van der Waals surface area contributed by atoms with Gasteiger partial charge in [0.05, 0.1) is 6.07 Å². The highest BCUT2D eigenvalue weighted by Crippen LogP contribution is 2.16. The highest BCUT2D eigenvalue weighted by molar-refractivity contribution is 5.27. The van der Waals surface area contributed by atoms with Gasteiger partial charge in [0, 0.05) is 7.11 Å². The van der Waals surface area contributed by atoms with Crippen molar-refractivity contribution in [2.45, 2.75) is 13.0 Å². The molecule has 0 amide bonds.